The standard InChI is InChI=1S/C15H22N2O3/c1-10-8-12(11(2)17(10)13-4-5-13)9-16-14(18)6-7-15(19)20-3/h8,13H,4-7,9H2,1-3H3,(H,16,18). The molecule has 0 saturated heterocycles. The average Bonchev–Trinajstić information content (AvgIpc) is 3.21. The molecule has 110 valence electrons. The van der Waals surface area contributed by atoms with Crippen molar-refractivity contribution in [1.29, 1.82) is 0 Å². The summed E-state index contributed by atoms with van der Waals surface area (Å²) in [5.74, 6) is -0.473. The number of hydrogen-bond acceptors (Lipinski definition) is 3. The number of hydrogen-bond donors (Lipinski definition) is 1. The number of nitrogens with one attached hydrogen (secondary N) is 1. The second kappa shape index (κ2) is 6.11. The number of rotatable bonds is 6. The van der Waals surface area contributed by atoms with E-state index in [9.17, 15) is 9.59 Å². The van der Waals surface area contributed by atoms with E-state index in [0.29, 0.717) is 12.6 Å². The molecule has 1 aromatic rings. The van der Waals surface area contributed by atoms with Crippen LogP contribution in [0.25, 0.3) is 0 Å². The molecular formula is C15H22N2O3. The van der Waals surface area contributed by atoms with E-state index >= 15 is 0 Å². The molecule has 0 radical (unpaired) electrons. The molecule has 0 unspecified atom stereocenters. The number of aromatic nitrogens is 1. The van der Waals surface area contributed by atoms with Gasteiger partial charge >= 0.3 is 5.97 Å². The predicted molar refractivity (Wildman–Crippen MR) is 75.3 cm³/mol. The summed E-state index contributed by atoms with van der Waals surface area (Å²) in [5.41, 5.74) is 3.64. The van der Waals surface area contributed by atoms with Gasteiger partial charge in [-0.15, -0.1) is 0 Å². The maximum absolute atomic E-state index is 11.7. The van der Waals surface area contributed by atoms with Gasteiger partial charge in [0.25, 0.3) is 0 Å². The van der Waals surface area contributed by atoms with Crippen LogP contribution < -0.4 is 5.32 Å². The number of aryl methyl sites for hydroxylation is 1. The number of ether oxygens (including phenoxy) is 1. The largest absolute Gasteiger partial charge is 0.469 e. The third-order valence-electron chi connectivity index (χ3n) is 3.76. The first-order valence-corrected chi connectivity index (χ1v) is 7.03. The zero-order valence-electron chi connectivity index (χ0n) is 12.4. The normalized spacial score (nSPS) is 14.2. The molecule has 0 atom stereocenters. The molecule has 1 heterocycles. The summed E-state index contributed by atoms with van der Waals surface area (Å²) in [5, 5.41) is 2.86. The molecule has 20 heavy (non-hydrogen) atoms. The Hall–Kier alpha value is -1.78. The highest BCUT2D eigenvalue weighted by Gasteiger charge is 2.26. The van der Waals surface area contributed by atoms with Crippen molar-refractivity contribution in [2.45, 2.75) is 52.1 Å². The Labute approximate surface area is 119 Å². The van der Waals surface area contributed by atoms with E-state index in [1.54, 1.807) is 0 Å². The second-order valence-electron chi connectivity index (χ2n) is 5.35. The van der Waals surface area contributed by atoms with E-state index in [0.717, 1.165) is 5.56 Å². The third-order valence-corrected chi connectivity index (χ3v) is 3.76. The first kappa shape index (κ1) is 14.6. The molecule has 1 fully saturated rings. The van der Waals surface area contributed by atoms with Gasteiger partial charge in [0, 0.05) is 30.4 Å². The van der Waals surface area contributed by atoms with Gasteiger partial charge in [-0.25, -0.2) is 0 Å². The second-order valence-corrected chi connectivity index (χ2v) is 5.35. The van der Waals surface area contributed by atoms with Crippen molar-refractivity contribution in [3.8, 4) is 0 Å². The maximum Gasteiger partial charge on any atom is 0.306 e. The minimum absolute atomic E-state index is 0.119. The molecule has 1 aliphatic carbocycles. The van der Waals surface area contributed by atoms with Crippen molar-refractivity contribution < 1.29 is 14.3 Å². The van der Waals surface area contributed by atoms with Crippen molar-refractivity contribution in [3.05, 3.63) is 23.0 Å². The molecule has 5 heteroatoms. The van der Waals surface area contributed by atoms with Gasteiger partial charge < -0.3 is 14.6 Å². The molecule has 1 aliphatic rings. The van der Waals surface area contributed by atoms with Crippen LogP contribution in [-0.2, 0) is 20.9 Å². The monoisotopic (exact) mass is 278 g/mol. The minimum Gasteiger partial charge on any atom is -0.469 e. The summed E-state index contributed by atoms with van der Waals surface area (Å²) >= 11 is 0. The van der Waals surface area contributed by atoms with E-state index < -0.39 is 0 Å². The Morgan fingerprint density at radius 1 is 1.35 bits per heavy atom. The highest BCUT2D eigenvalue weighted by atomic mass is 16.5. The summed E-state index contributed by atoms with van der Waals surface area (Å²) in [4.78, 5) is 22.6. The number of carbonyl (C=O) groups is 2. The molecule has 0 spiro atoms. The van der Waals surface area contributed by atoms with Crippen molar-refractivity contribution in [2.75, 3.05) is 7.11 Å². The molecule has 0 aliphatic heterocycles. The van der Waals surface area contributed by atoms with Gasteiger partial charge in [0.05, 0.1) is 13.5 Å². The highest BCUT2D eigenvalue weighted by Crippen LogP contribution is 2.38. The first-order valence-electron chi connectivity index (χ1n) is 7.03. The molecule has 1 amide bonds. The molecule has 0 aromatic carbocycles. The molecule has 1 saturated carbocycles. The molecule has 1 N–H and O–H groups in total. The lowest BCUT2D eigenvalue weighted by Crippen LogP contribution is -2.23. The van der Waals surface area contributed by atoms with Crippen molar-refractivity contribution in [3.63, 3.8) is 0 Å². The quantitative estimate of drug-likeness (QED) is 0.810. The Morgan fingerprint density at radius 3 is 2.65 bits per heavy atom. The maximum atomic E-state index is 11.7. The van der Waals surface area contributed by atoms with Crippen LogP contribution >= 0.6 is 0 Å². The minimum atomic E-state index is -0.355. The van der Waals surface area contributed by atoms with Crippen molar-refractivity contribution in [2.24, 2.45) is 0 Å². The van der Waals surface area contributed by atoms with Crippen LogP contribution in [0.5, 0.6) is 0 Å². The number of methoxy groups -OCH3 is 1. The van der Waals surface area contributed by atoms with Gasteiger partial charge in [0.1, 0.15) is 0 Å². The summed E-state index contributed by atoms with van der Waals surface area (Å²) in [6, 6.07) is 2.78. The lowest BCUT2D eigenvalue weighted by Gasteiger charge is -2.08. The zero-order valence-corrected chi connectivity index (χ0v) is 12.4. The van der Waals surface area contributed by atoms with Crippen LogP contribution in [0.4, 0.5) is 0 Å². The topological polar surface area (TPSA) is 60.3 Å². The van der Waals surface area contributed by atoms with E-state index in [1.807, 2.05) is 0 Å². The highest BCUT2D eigenvalue weighted by molar-refractivity contribution is 5.81. The van der Waals surface area contributed by atoms with E-state index in [2.05, 4.69) is 34.5 Å². The fraction of sp³-hybridized carbons (Fsp3) is 0.600. The summed E-state index contributed by atoms with van der Waals surface area (Å²) in [7, 11) is 1.33. The summed E-state index contributed by atoms with van der Waals surface area (Å²) in [6.07, 6.45) is 2.81. The van der Waals surface area contributed by atoms with E-state index in [-0.39, 0.29) is 24.7 Å². The van der Waals surface area contributed by atoms with Gasteiger partial charge in [-0.05, 0) is 38.3 Å². The lowest BCUT2D eigenvalue weighted by molar-refractivity contribution is -0.142. The summed E-state index contributed by atoms with van der Waals surface area (Å²) in [6.45, 7) is 4.72. The molecule has 2 rings (SSSR count). The Kier molecular flexibility index (Phi) is 4.47. The number of nitrogens with zero attached hydrogens (tertiary/aromatic N) is 1. The van der Waals surface area contributed by atoms with Crippen LogP contribution in [0.3, 0.4) is 0 Å². The fourth-order valence-electron chi connectivity index (χ4n) is 2.52. The summed E-state index contributed by atoms with van der Waals surface area (Å²) < 4.78 is 6.87. The SMILES string of the molecule is COC(=O)CCC(=O)NCc1cc(C)n(C2CC2)c1C. The Balaban J connectivity index is 1.86. The van der Waals surface area contributed by atoms with Gasteiger partial charge in [-0.1, -0.05) is 0 Å². The van der Waals surface area contributed by atoms with E-state index in [1.165, 1.54) is 31.3 Å². The molecule has 5 nitrogen and oxygen atoms in total. The van der Waals surface area contributed by atoms with Crippen molar-refractivity contribution >= 4 is 11.9 Å². The fourth-order valence-corrected chi connectivity index (χ4v) is 2.52. The van der Waals surface area contributed by atoms with Crippen LogP contribution in [0.15, 0.2) is 6.07 Å². The van der Waals surface area contributed by atoms with Gasteiger partial charge in [0.15, 0.2) is 0 Å². The van der Waals surface area contributed by atoms with Gasteiger partial charge in [-0.2, -0.15) is 0 Å². The van der Waals surface area contributed by atoms with Crippen LogP contribution in [0.1, 0.15) is 48.7 Å². The van der Waals surface area contributed by atoms with Crippen LogP contribution in [0, 0.1) is 13.8 Å². The van der Waals surface area contributed by atoms with Crippen LogP contribution in [0.2, 0.25) is 0 Å². The van der Waals surface area contributed by atoms with E-state index in [4.69, 9.17) is 0 Å². The zero-order chi connectivity index (χ0) is 14.7. The van der Waals surface area contributed by atoms with Gasteiger partial charge in [-0.3, -0.25) is 9.59 Å². The number of amides is 1. The Morgan fingerprint density at radius 2 is 2.05 bits per heavy atom. The Bertz CT molecular complexity index is 515. The first-order chi connectivity index (χ1) is 9.52. The molecular weight excluding hydrogens is 256 g/mol. The molecule has 0 bridgehead atoms. The van der Waals surface area contributed by atoms with Gasteiger partial charge in [0.2, 0.25) is 5.91 Å². The molecule has 1 aromatic heterocycles. The third kappa shape index (κ3) is 3.40. The smallest absolute Gasteiger partial charge is 0.306 e. The lowest BCUT2D eigenvalue weighted by atomic mass is 10.2. The number of esters is 1. The number of carbonyl (C=O) groups excluding carboxylic acids is 2. The predicted octanol–water partition coefficient (Wildman–Crippen LogP) is 2.01. The van der Waals surface area contributed by atoms with Crippen molar-refractivity contribution in [1.82, 2.24) is 9.88 Å². The van der Waals surface area contributed by atoms with Crippen LogP contribution in [-0.4, -0.2) is 23.6 Å². The average molecular weight is 278 g/mol.